The molecule has 2 aromatic rings. The number of carbonyl (C=O) groups is 2. The minimum atomic E-state index is -0.651. The van der Waals surface area contributed by atoms with Gasteiger partial charge in [0.15, 0.2) is 11.4 Å². The van der Waals surface area contributed by atoms with Crippen molar-refractivity contribution in [2.24, 2.45) is 5.73 Å². The van der Waals surface area contributed by atoms with Gasteiger partial charge in [-0.15, -0.1) is 12.4 Å². The van der Waals surface area contributed by atoms with Gasteiger partial charge >= 0.3 is 0 Å². The van der Waals surface area contributed by atoms with Crippen molar-refractivity contribution in [2.75, 3.05) is 6.54 Å². The molecule has 0 aromatic carbocycles. The average molecular weight is 323 g/mol. The zero-order valence-corrected chi connectivity index (χ0v) is 12.4. The number of halogens is 1. The van der Waals surface area contributed by atoms with Crippen molar-refractivity contribution in [2.45, 2.75) is 6.61 Å². The van der Waals surface area contributed by atoms with Crippen LogP contribution in [0.1, 0.15) is 16.2 Å². The molecule has 7 nitrogen and oxygen atoms in total. The van der Waals surface area contributed by atoms with Crippen LogP contribution in [-0.4, -0.2) is 28.3 Å². The second-order valence-corrected chi connectivity index (χ2v) is 4.04. The molecule has 3 N–H and O–H groups in total. The highest BCUT2D eigenvalue weighted by atomic mass is 35.5. The molecule has 0 unspecified atom stereocenters. The highest BCUT2D eigenvalue weighted by Gasteiger charge is 2.16. The van der Waals surface area contributed by atoms with Crippen molar-refractivity contribution in [3.05, 3.63) is 54.1 Å². The monoisotopic (exact) mass is 322 g/mol. The van der Waals surface area contributed by atoms with E-state index in [1.807, 2.05) is 6.07 Å². The molecule has 2 amide bonds. The predicted octanol–water partition coefficient (Wildman–Crippen LogP) is 0.692. The van der Waals surface area contributed by atoms with E-state index in [2.05, 4.69) is 15.3 Å². The lowest BCUT2D eigenvalue weighted by molar-refractivity contribution is -0.118. The molecule has 0 aliphatic carbocycles. The summed E-state index contributed by atoms with van der Waals surface area (Å²) in [4.78, 5) is 31.1. The summed E-state index contributed by atoms with van der Waals surface area (Å²) < 4.78 is 5.53. The van der Waals surface area contributed by atoms with Crippen LogP contribution in [0.2, 0.25) is 0 Å². The molecule has 22 heavy (non-hydrogen) atoms. The minimum Gasteiger partial charge on any atom is -0.485 e. The largest absolute Gasteiger partial charge is 0.485 e. The second kappa shape index (κ2) is 8.71. The normalized spacial score (nSPS) is 9.50. The number of nitrogens with zero attached hydrogens (tertiary/aromatic N) is 2. The molecule has 8 heteroatoms. The number of imide groups is 1. The lowest BCUT2D eigenvalue weighted by atomic mass is 10.3. The Morgan fingerprint density at radius 1 is 1.14 bits per heavy atom. The average Bonchev–Trinajstić information content (AvgIpc) is 2.54. The van der Waals surface area contributed by atoms with Gasteiger partial charge in [0.25, 0.3) is 5.91 Å². The topological polar surface area (TPSA) is 107 Å². The van der Waals surface area contributed by atoms with Gasteiger partial charge in [-0.3, -0.25) is 19.9 Å². The molecule has 2 heterocycles. The van der Waals surface area contributed by atoms with Crippen molar-refractivity contribution < 1.29 is 14.3 Å². The summed E-state index contributed by atoms with van der Waals surface area (Å²) in [5.74, 6) is -0.964. The molecule has 0 saturated carbocycles. The van der Waals surface area contributed by atoms with E-state index in [0.29, 0.717) is 5.69 Å². The van der Waals surface area contributed by atoms with E-state index in [1.54, 1.807) is 30.5 Å². The number of nitrogens with one attached hydrogen (secondary N) is 1. The van der Waals surface area contributed by atoms with Crippen molar-refractivity contribution in [3.8, 4) is 5.75 Å². The highest BCUT2D eigenvalue weighted by molar-refractivity contribution is 6.05. The first-order chi connectivity index (χ1) is 10.2. The molecular formula is C14H15ClN4O3. The third-order valence-corrected chi connectivity index (χ3v) is 2.53. The molecule has 116 valence electrons. The van der Waals surface area contributed by atoms with E-state index in [9.17, 15) is 9.59 Å². The first kappa shape index (κ1) is 17.5. The van der Waals surface area contributed by atoms with E-state index < -0.39 is 11.8 Å². The van der Waals surface area contributed by atoms with Crippen LogP contribution in [0.25, 0.3) is 0 Å². The summed E-state index contributed by atoms with van der Waals surface area (Å²) in [6.07, 6.45) is 3.09. The molecule has 0 atom stereocenters. The van der Waals surface area contributed by atoms with Crippen LogP contribution >= 0.6 is 12.4 Å². The van der Waals surface area contributed by atoms with Gasteiger partial charge in [0.05, 0.1) is 12.2 Å². The number of pyridine rings is 2. The Bertz CT molecular complexity index is 637. The van der Waals surface area contributed by atoms with E-state index in [-0.39, 0.29) is 37.0 Å². The quantitative estimate of drug-likeness (QED) is 0.838. The van der Waals surface area contributed by atoms with Gasteiger partial charge in [-0.05, 0) is 24.3 Å². The lowest BCUT2D eigenvalue weighted by Gasteiger charge is -2.09. The standard InChI is InChI=1S/C14H14N4O3.ClH/c15-8-12(19)18-14(20)13-11(5-3-7-17-13)21-9-10-4-1-2-6-16-10;/h1-7H,8-9,15H2,(H,18,19,20);1H. The Balaban J connectivity index is 0.00000242. The number of carbonyl (C=O) groups excluding carboxylic acids is 2. The van der Waals surface area contributed by atoms with Crippen molar-refractivity contribution >= 4 is 24.2 Å². The van der Waals surface area contributed by atoms with Gasteiger partial charge in [0.2, 0.25) is 5.91 Å². The molecule has 2 rings (SSSR count). The van der Waals surface area contributed by atoms with Crippen LogP contribution in [0.15, 0.2) is 42.7 Å². The van der Waals surface area contributed by atoms with Gasteiger partial charge in [-0.1, -0.05) is 6.07 Å². The number of nitrogens with two attached hydrogens (primary N) is 1. The van der Waals surface area contributed by atoms with Crippen LogP contribution in [-0.2, 0) is 11.4 Å². The van der Waals surface area contributed by atoms with Gasteiger partial charge in [0, 0.05) is 12.4 Å². The van der Waals surface area contributed by atoms with E-state index in [1.165, 1.54) is 6.20 Å². The zero-order valence-electron chi connectivity index (χ0n) is 11.6. The summed E-state index contributed by atoms with van der Waals surface area (Å²) in [5, 5.41) is 2.12. The van der Waals surface area contributed by atoms with E-state index >= 15 is 0 Å². The van der Waals surface area contributed by atoms with E-state index in [0.717, 1.165) is 0 Å². The van der Waals surface area contributed by atoms with Gasteiger partial charge < -0.3 is 10.5 Å². The number of amides is 2. The molecule has 0 spiro atoms. The summed E-state index contributed by atoms with van der Waals surface area (Å²) in [6.45, 7) is -0.0830. The van der Waals surface area contributed by atoms with E-state index in [4.69, 9.17) is 10.5 Å². The second-order valence-electron chi connectivity index (χ2n) is 4.04. The molecule has 0 aliphatic heterocycles. The fraction of sp³-hybridized carbons (Fsp3) is 0.143. The predicted molar refractivity (Wildman–Crippen MR) is 81.6 cm³/mol. The third-order valence-electron chi connectivity index (χ3n) is 2.53. The van der Waals surface area contributed by atoms with Crippen LogP contribution in [0.4, 0.5) is 0 Å². The van der Waals surface area contributed by atoms with Gasteiger partial charge in [0.1, 0.15) is 6.61 Å². The number of aromatic nitrogens is 2. The van der Waals surface area contributed by atoms with Crippen molar-refractivity contribution in [3.63, 3.8) is 0 Å². The summed E-state index contributed by atoms with van der Waals surface area (Å²) >= 11 is 0. The fourth-order valence-electron chi connectivity index (χ4n) is 1.55. The number of ether oxygens (including phenoxy) is 1. The molecule has 0 saturated heterocycles. The Kier molecular flexibility index (Phi) is 6.94. The summed E-state index contributed by atoms with van der Waals surface area (Å²) in [5.41, 5.74) is 5.88. The number of hydrogen-bond acceptors (Lipinski definition) is 6. The molecule has 0 bridgehead atoms. The maximum atomic E-state index is 11.9. The minimum absolute atomic E-state index is 0. The van der Waals surface area contributed by atoms with Crippen LogP contribution < -0.4 is 15.8 Å². The molecular weight excluding hydrogens is 308 g/mol. The Morgan fingerprint density at radius 3 is 2.59 bits per heavy atom. The highest BCUT2D eigenvalue weighted by Crippen LogP contribution is 2.16. The van der Waals surface area contributed by atoms with Gasteiger partial charge in [-0.2, -0.15) is 0 Å². The smallest absolute Gasteiger partial charge is 0.280 e. The molecule has 2 aromatic heterocycles. The lowest BCUT2D eigenvalue weighted by Crippen LogP contribution is -2.36. The maximum absolute atomic E-state index is 11.9. The zero-order chi connectivity index (χ0) is 15.1. The first-order valence-corrected chi connectivity index (χ1v) is 6.22. The summed E-state index contributed by atoms with van der Waals surface area (Å²) in [7, 11) is 0. The Labute approximate surface area is 133 Å². The Hall–Kier alpha value is -2.51. The third kappa shape index (κ3) is 4.80. The number of hydrogen-bond donors (Lipinski definition) is 2. The maximum Gasteiger partial charge on any atom is 0.280 e. The van der Waals surface area contributed by atoms with Crippen molar-refractivity contribution in [1.82, 2.24) is 15.3 Å². The number of rotatable bonds is 5. The summed E-state index contributed by atoms with van der Waals surface area (Å²) in [6, 6.07) is 8.66. The van der Waals surface area contributed by atoms with Crippen LogP contribution in [0.5, 0.6) is 5.75 Å². The van der Waals surface area contributed by atoms with Crippen LogP contribution in [0.3, 0.4) is 0 Å². The molecule has 0 aliphatic rings. The van der Waals surface area contributed by atoms with Gasteiger partial charge in [-0.25, -0.2) is 4.98 Å². The SMILES string of the molecule is Cl.NCC(=O)NC(=O)c1ncccc1OCc1ccccn1. The fourth-order valence-corrected chi connectivity index (χ4v) is 1.55. The Morgan fingerprint density at radius 2 is 1.91 bits per heavy atom. The molecule has 0 radical (unpaired) electrons. The first-order valence-electron chi connectivity index (χ1n) is 6.22. The van der Waals surface area contributed by atoms with Crippen molar-refractivity contribution in [1.29, 1.82) is 0 Å². The van der Waals surface area contributed by atoms with Crippen LogP contribution in [0, 0.1) is 0 Å². The molecule has 0 fully saturated rings.